The van der Waals surface area contributed by atoms with Crippen molar-refractivity contribution in [3.05, 3.63) is 28.2 Å². The smallest absolute Gasteiger partial charge is 0.119 e. The Bertz CT molecular complexity index is 342. The molecule has 0 saturated carbocycles. The van der Waals surface area contributed by atoms with E-state index >= 15 is 0 Å². The summed E-state index contributed by atoms with van der Waals surface area (Å²) in [5, 5.41) is 0. The predicted octanol–water partition coefficient (Wildman–Crippen LogP) is 2.75. The van der Waals surface area contributed by atoms with Crippen LogP contribution in [0.4, 0.5) is 0 Å². The van der Waals surface area contributed by atoms with Crippen LogP contribution in [-0.2, 0) is 11.2 Å². The fourth-order valence-corrected chi connectivity index (χ4v) is 1.88. The Kier molecular flexibility index (Phi) is 6.55. The fraction of sp³-hybridized carbons (Fsp3) is 0.538. The van der Waals surface area contributed by atoms with E-state index in [-0.39, 0.29) is 6.10 Å². The molecule has 3 nitrogen and oxygen atoms in total. The van der Waals surface area contributed by atoms with Crippen molar-refractivity contribution in [2.75, 3.05) is 19.8 Å². The Hall–Kier alpha value is -0.580. The second kappa shape index (κ2) is 7.69. The third kappa shape index (κ3) is 5.52. The summed E-state index contributed by atoms with van der Waals surface area (Å²) in [5.41, 5.74) is 6.73. The quantitative estimate of drug-likeness (QED) is 0.788. The summed E-state index contributed by atoms with van der Waals surface area (Å²) in [7, 11) is 0. The van der Waals surface area contributed by atoms with Crippen molar-refractivity contribution in [3.63, 3.8) is 0 Å². The summed E-state index contributed by atoms with van der Waals surface area (Å²) in [6.45, 7) is 5.85. The third-order valence-electron chi connectivity index (χ3n) is 2.23. The minimum atomic E-state index is 0.247. The van der Waals surface area contributed by atoms with Crippen molar-refractivity contribution in [1.29, 1.82) is 0 Å². The lowest BCUT2D eigenvalue weighted by Crippen LogP contribution is -2.11. The highest BCUT2D eigenvalue weighted by Crippen LogP contribution is 2.22. The molecule has 0 amide bonds. The molecule has 0 saturated heterocycles. The van der Waals surface area contributed by atoms with Gasteiger partial charge < -0.3 is 15.2 Å². The van der Waals surface area contributed by atoms with E-state index in [0.29, 0.717) is 19.8 Å². The number of nitrogens with two attached hydrogens (primary N) is 1. The molecule has 4 heteroatoms. The number of benzene rings is 1. The van der Waals surface area contributed by atoms with Crippen LogP contribution >= 0.6 is 15.9 Å². The van der Waals surface area contributed by atoms with Gasteiger partial charge >= 0.3 is 0 Å². The first-order valence-electron chi connectivity index (χ1n) is 5.86. The summed E-state index contributed by atoms with van der Waals surface area (Å²) in [6, 6.07) is 5.95. The highest BCUT2D eigenvalue weighted by molar-refractivity contribution is 9.10. The first kappa shape index (κ1) is 14.5. The number of hydrogen-bond donors (Lipinski definition) is 1. The molecule has 17 heavy (non-hydrogen) atoms. The average molecular weight is 302 g/mol. The van der Waals surface area contributed by atoms with Crippen LogP contribution in [0.3, 0.4) is 0 Å². The number of ether oxygens (including phenoxy) is 2. The van der Waals surface area contributed by atoms with Gasteiger partial charge in [0.2, 0.25) is 0 Å². The van der Waals surface area contributed by atoms with E-state index in [1.54, 1.807) is 0 Å². The maximum atomic E-state index is 5.61. The molecule has 1 aromatic rings. The first-order valence-corrected chi connectivity index (χ1v) is 6.65. The Morgan fingerprint density at radius 2 is 2.06 bits per heavy atom. The predicted molar refractivity (Wildman–Crippen MR) is 73.5 cm³/mol. The topological polar surface area (TPSA) is 44.5 Å². The van der Waals surface area contributed by atoms with E-state index < -0.39 is 0 Å². The van der Waals surface area contributed by atoms with Crippen molar-refractivity contribution in [2.45, 2.75) is 26.4 Å². The summed E-state index contributed by atoms with van der Waals surface area (Å²) in [6.07, 6.45) is 1.09. The van der Waals surface area contributed by atoms with Crippen LogP contribution in [0.25, 0.3) is 0 Å². The standard InChI is InChI=1S/C13H20BrNO2/c1-10(2)16-7-8-17-12-3-4-13(14)11(9-12)5-6-15/h3-4,9-10H,5-8,15H2,1-2H3. The minimum Gasteiger partial charge on any atom is -0.491 e. The third-order valence-corrected chi connectivity index (χ3v) is 3.01. The molecule has 0 aliphatic rings. The summed E-state index contributed by atoms with van der Waals surface area (Å²) in [4.78, 5) is 0. The molecule has 96 valence electrons. The van der Waals surface area contributed by atoms with Gasteiger partial charge in [-0.1, -0.05) is 15.9 Å². The molecule has 0 aliphatic carbocycles. The zero-order valence-corrected chi connectivity index (χ0v) is 12.0. The lowest BCUT2D eigenvalue weighted by molar-refractivity contribution is 0.0552. The zero-order valence-electron chi connectivity index (χ0n) is 10.4. The molecule has 1 rings (SSSR count). The highest BCUT2D eigenvalue weighted by atomic mass is 79.9. The van der Waals surface area contributed by atoms with E-state index in [0.717, 1.165) is 16.6 Å². The molecule has 0 aromatic heterocycles. The van der Waals surface area contributed by atoms with Crippen LogP contribution in [-0.4, -0.2) is 25.9 Å². The molecule has 1 aromatic carbocycles. The van der Waals surface area contributed by atoms with Crippen molar-refractivity contribution < 1.29 is 9.47 Å². The molecule has 0 aliphatic heterocycles. The summed E-state index contributed by atoms with van der Waals surface area (Å²) in [5.74, 6) is 0.865. The van der Waals surface area contributed by atoms with Gasteiger partial charge in [-0.05, 0) is 50.6 Å². The molecular weight excluding hydrogens is 282 g/mol. The van der Waals surface area contributed by atoms with Gasteiger partial charge in [0.25, 0.3) is 0 Å². The largest absolute Gasteiger partial charge is 0.491 e. The van der Waals surface area contributed by atoms with Gasteiger partial charge in [-0.3, -0.25) is 0 Å². The normalized spacial score (nSPS) is 10.9. The van der Waals surface area contributed by atoms with Gasteiger partial charge in [-0.2, -0.15) is 0 Å². The van der Waals surface area contributed by atoms with Crippen LogP contribution in [0.2, 0.25) is 0 Å². The van der Waals surface area contributed by atoms with Gasteiger partial charge in [0, 0.05) is 4.47 Å². The van der Waals surface area contributed by atoms with Crippen molar-refractivity contribution in [3.8, 4) is 5.75 Å². The Morgan fingerprint density at radius 3 is 2.71 bits per heavy atom. The minimum absolute atomic E-state index is 0.247. The van der Waals surface area contributed by atoms with Crippen LogP contribution in [0.5, 0.6) is 5.75 Å². The second-order valence-corrected chi connectivity index (χ2v) is 4.91. The maximum absolute atomic E-state index is 5.61. The molecule has 0 spiro atoms. The van der Waals surface area contributed by atoms with Crippen LogP contribution < -0.4 is 10.5 Å². The van der Waals surface area contributed by atoms with E-state index in [9.17, 15) is 0 Å². The summed E-state index contributed by atoms with van der Waals surface area (Å²) >= 11 is 3.50. The van der Waals surface area contributed by atoms with Gasteiger partial charge in [0.1, 0.15) is 12.4 Å². The average Bonchev–Trinajstić information content (AvgIpc) is 2.28. The summed E-state index contributed by atoms with van der Waals surface area (Å²) < 4.78 is 12.1. The lowest BCUT2D eigenvalue weighted by Gasteiger charge is -2.11. The lowest BCUT2D eigenvalue weighted by atomic mass is 10.1. The molecular formula is C13H20BrNO2. The van der Waals surface area contributed by atoms with Gasteiger partial charge in [0.15, 0.2) is 0 Å². The number of halogens is 1. The molecule has 0 fully saturated rings. The SMILES string of the molecule is CC(C)OCCOc1ccc(Br)c(CCN)c1. The van der Waals surface area contributed by atoms with Crippen molar-refractivity contribution >= 4 is 15.9 Å². The monoisotopic (exact) mass is 301 g/mol. The zero-order chi connectivity index (χ0) is 12.7. The molecule has 0 radical (unpaired) electrons. The molecule has 2 N–H and O–H groups in total. The van der Waals surface area contributed by atoms with E-state index in [1.165, 1.54) is 5.56 Å². The number of hydrogen-bond acceptors (Lipinski definition) is 3. The molecule has 0 heterocycles. The van der Waals surface area contributed by atoms with E-state index in [2.05, 4.69) is 15.9 Å². The van der Waals surface area contributed by atoms with Gasteiger partial charge in [-0.25, -0.2) is 0 Å². The highest BCUT2D eigenvalue weighted by Gasteiger charge is 2.02. The Balaban J connectivity index is 2.45. The molecule has 0 atom stereocenters. The van der Waals surface area contributed by atoms with Gasteiger partial charge in [0.05, 0.1) is 12.7 Å². The van der Waals surface area contributed by atoms with E-state index in [4.69, 9.17) is 15.2 Å². The van der Waals surface area contributed by atoms with Crippen LogP contribution in [0, 0.1) is 0 Å². The molecule has 0 unspecified atom stereocenters. The van der Waals surface area contributed by atoms with Crippen LogP contribution in [0.1, 0.15) is 19.4 Å². The van der Waals surface area contributed by atoms with Crippen molar-refractivity contribution in [2.24, 2.45) is 5.73 Å². The van der Waals surface area contributed by atoms with Gasteiger partial charge in [-0.15, -0.1) is 0 Å². The Morgan fingerprint density at radius 1 is 1.29 bits per heavy atom. The van der Waals surface area contributed by atoms with Crippen LogP contribution in [0.15, 0.2) is 22.7 Å². The maximum Gasteiger partial charge on any atom is 0.119 e. The fourth-order valence-electron chi connectivity index (χ4n) is 1.43. The second-order valence-electron chi connectivity index (χ2n) is 4.06. The Labute approximate surface area is 111 Å². The number of rotatable bonds is 7. The van der Waals surface area contributed by atoms with Crippen molar-refractivity contribution in [1.82, 2.24) is 0 Å². The molecule has 0 bridgehead atoms. The van der Waals surface area contributed by atoms with E-state index in [1.807, 2.05) is 32.0 Å². The first-order chi connectivity index (χ1) is 8.13.